The Bertz CT molecular complexity index is 365. The Labute approximate surface area is 98.8 Å². The van der Waals surface area contributed by atoms with E-state index in [2.05, 4.69) is 10.1 Å². The molecule has 94 valence electrons. The predicted molar refractivity (Wildman–Crippen MR) is 60.3 cm³/mol. The minimum absolute atomic E-state index is 0.0417. The van der Waals surface area contributed by atoms with Crippen molar-refractivity contribution in [2.24, 2.45) is 0 Å². The van der Waals surface area contributed by atoms with Gasteiger partial charge >= 0.3 is 6.61 Å². The maximum absolute atomic E-state index is 11.9. The highest BCUT2D eigenvalue weighted by atomic mass is 19.3. The van der Waals surface area contributed by atoms with Gasteiger partial charge in [-0.3, -0.25) is 4.79 Å². The molecular weight excluding hydrogens is 228 g/mol. The van der Waals surface area contributed by atoms with E-state index in [-0.39, 0.29) is 17.7 Å². The molecule has 0 heterocycles. The lowest BCUT2D eigenvalue weighted by molar-refractivity contribution is -0.0498. The molecule has 0 spiro atoms. The zero-order valence-electron chi connectivity index (χ0n) is 9.74. The first-order chi connectivity index (χ1) is 8.02. The van der Waals surface area contributed by atoms with Crippen molar-refractivity contribution in [1.29, 1.82) is 0 Å². The van der Waals surface area contributed by atoms with Crippen molar-refractivity contribution in [3.8, 4) is 5.75 Å². The van der Waals surface area contributed by atoms with Crippen molar-refractivity contribution in [2.75, 3.05) is 0 Å². The van der Waals surface area contributed by atoms with Crippen LogP contribution in [0.15, 0.2) is 24.3 Å². The number of hydrogen-bond acceptors (Lipinski definition) is 2. The Hall–Kier alpha value is -1.65. The van der Waals surface area contributed by atoms with Crippen molar-refractivity contribution in [1.82, 2.24) is 5.32 Å². The van der Waals surface area contributed by atoms with Crippen molar-refractivity contribution < 1.29 is 18.3 Å². The SMILES string of the molecule is CCC(C)NC(=O)c1ccc(OC(F)F)cc1. The molecule has 0 saturated heterocycles. The zero-order valence-corrected chi connectivity index (χ0v) is 9.74. The number of alkyl halides is 2. The maximum atomic E-state index is 11.9. The number of hydrogen-bond donors (Lipinski definition) is 1. The first kappa shape index (κ1) is 13.4. The molecule has 1 aromatic carbocycles. The summed E-state index contributed by atoms with van der Waals surface area (Å²) in [5, 5.41) is 2.78. The van der Waals surface area contributed by atoms with Gasteiger partial charge < -0.3 is 10.1 Å². The molecule has 1 atom stereocenters. The first-order valence-electron chi connectivity index (χ1n) is 5.38. The number of benzene rings is 1. The average molecular weight is 243 g/mol. The van der Waals surface area contributed by atoms with Gasteiger partial charge in [-0.1, -0.05) is 6.92 Å². The molecule has 0 fully saturated rings. The van der Waals surface area contributed by atoms with Gasteiger partial charge in [0.25, 0.3) is 5.91 Å². The Morgan fingerprint density at radius 2 is 1.94 bits per heavy atom. The first-order valence-corrected chi connectivity index (χ1v) is 5.38. The third-order valence-corrected chi connectivity index (χ3v) is 2.33. The van der Waals surface area contributed by atoms with Crippen molar-refractivity contribution >= 4 is 5.91 Å². The fourth-order valence-corrected chi connectivity index (χ4v) is 1.20. The molecule has 3 nitrogen and oxygen atoms in total. The van der Waals surface area contributed by atoms with Crippen LogP contribution in [-0.2, 0) is 0 Å². The van der Waals surface area contributed by atoms with E-state index in [1.54, 1.807) is 0 Å². The number of amides is 1. The van der Waals surface area contributed by atoms with Crippen LogP contribution in [0.2, 0.25) is 0 Å². The lowest BCUT2D eigenvalue weighted by atomic mass is 10.2. The molecule has 0 bridgehead atoms. The van der Waals surface area contributed by atoms with Crippen molar-refractivity contribution in [3.63, 3.8) is 0 Å². The quantitative estimate of drug-likeness (QED) is 0.863. The van der Waals surface area contributed by atoms with Gasteiger partial charge in [-0.2, -0.15) is 8.78 Å². The van der Waals surface area contributed by atoms with Gasteiger partial charge in [0.1, 0.15) is 5.75 Å². The van der Waals surface area contributed by atoms with Gasteiger partial charge in [-0.25, -0.2) is 0 Å². The third kappa shape index (κ3) is 4.38. The highest BCUT2D eigenvalue weighted by Crippen LogP contribution is 2.14. The lowest BCUT2D eigenvalue weighted by Crippen LogP contribution is -2.31. The number of ether oxygens (including phenoxy) is 1. The Morgan fingerprint density at radius 3 is 2.41 bits per heavy atom. The van der Waals surface area contributed by atoms with Gasteiger partial charge in [-0.15, -0.1) is 0 Å². The van der Waals surface area contributed by atoms with Crippen LogP contribution in [-0.4, -0.2) is 18.6 Å². The van der Waals surface area contributed by atoms with Crippen LogP contribution >= 0.6 is 0 Å². The summed E-state index contributed by atoms with van der Waals surface area (Å²) in [5.74, 6) is -0.178. The summed E-state index contributed by atoms with van der Waals surface area (Å²) in [4.78, 5) is 11.6. The van der Waals surface area contributed by atoms with Crippen LogP contribution in [0.1, 0.15) is 30.6 Å². The second-order valence-electron chi connectivity index (χ2n) is 3.69. The van der Waals surface area contributed by atoms with Crippen LogP contribution in [0.25, 0.3) is 0 Å². The van der Waals surface area contributed by atoms with E-state index in [1.165, 1.54) is 24.3 Å². The summed E-state index contributed by atoms with van der Waals surface area (Å²) in [6, 6.07) is 5.68. The third-order valence-electron chi connectivity index (χ3n) is 2.33. The average Bonchev–Trinajstić information content (AvgIpc) is 2.28. The summed E-state index contributed by atoms with van der Waals surface area (Å²) in [5.41, 5.74) is 0.423. The van der Waals surface area contributed by atoms with Gasteiger partial charge in [0.2, 0.25) is 0 Å². The molecule has 1 rings (SSSR count). The molecule has 1 aromatic rings. The lowest BCUT2D eigenvalue weighted by Gasteiger charge is -2.11. The smallest absolute Gasteiger partial charge is 0.387 e. The van der Waals surface area contributed by atoms with E-state index in [4.69, 9.17) is 0 Å². The molecule has 1 unspecified atom stereocenters. The van der Waals surface area contributed by atoms with Gasteiger partial charge in [-0.05, 0) is 37.6 Å². The standard InChI is InChI=1S/C12H15F2NO2/c1-3-8(2)15-11(16)9-4-6-10(7-5-9)17-12(13)14/h4-8,12H,3H2,1-2H3,(H,15,16). The number of carbonyl (C=O) groups excluding carboxylic acids is 1. The Morgan fingerprint density at radius 1 is 1.35 bits per heavy atom. The topological polar surface area (TPSA) is 38.3 Å². The summed E-state index contributed by atoms with van der Waals surface area (Å²) in [6.45, 7) is 1.01. The fourth-order valence-electron chi connectivity index (χ4n) is 1.20. The molecule has 1 N–H and O–H groups in total. The monoisotopic (exact) mass is 243 g/mol. The normalized spacial score (nSPS) is 12.3. The van der Waals surface area contributed by atoms with Crippen LogP contribution < -0.4 is 10.1 Å². The van der Waals surface area contributed by atoms with E-state index < -0.39 is 6.61 Å². The van der Waals surface area contributed by atoms with Crippen molar-refractivity contribution in [3.05, 3.63) is 29.8 Å². The van der Waals surface area contributed by atoms with E-state index in [0.29, 0.717) is 5.56 Å². The van der Waals surface area contributed by atoms with Crippen LogP contribution in [0.3, 0.4) is 0 Å². The van der Waals surface area contributed by atoms with Crippen LogP contribution in [0.5, 0.6) is 5.75 Å². The second kappa shape index (κ2) is 6.18. The molecule has 5 heteroatoms. The largest absolute Gasteiger partial charge is 0.435 e. The van der Waals surface area contributed by atoms with E-state index >= 15 is 0 Å². The molecule has 17 heavy (non-hydrogen) atoms. The molecule has 0 aromatic heterocycles. The predicted octanol–water partition coefficient (Wildman–Crippen LogP) is 2.82. The number of halogens is 2. The van der Waals surface area contributed by atoms with E-state index in [9.17, 15) is 13.6 Å². The molecule has 0 aliphatic carbocycles. The maximum Gasteiger partial charge on any atom is 0.387 e. The zero-order chi connectivity index (χ0) is 12.8. The Kier molecular flexibility index (Phi) is 4.87. The summed E-state index contributed by atoms with van der Waals surface area (Å²) >= 11 is 0. The molecule has 1 amide bonds. The summed E-state index contributed by atoms with van der Waals surface area (Å²) < 4.78 is 28.0. The second-order valence-corrected chi connectivity index (χ2v) is 3.69. The molecular formula is C12H15F2NO2. The molecule has 0 saturated carbocycles. The van der Waals surface area contributed by atoms with Crippen molar-refractivity contribution in [2.45, 2.75) is 32.9 Å². The van der Waals surface area contributed by atoms with Gasteiger partial charge in [0.05, 0.1) is 0 Å². The molecule has 0 radical (unpaired) electrons. The number of carbonyl (C=O) groups is 1. The highest BCUT2D eigenvalue weighted by Gasteiger charge is 2.09. The molecule has 0 aliphatic rings. The minimum atomic E-state index is -2.85. The highest BCUT2D eigenvalue weighted by molar-refractivity contribution is 5.94. The Balaban J connectivity index is 2.64. The fraction of sp³-hybridized carbons (Fsp3) is 0.417. The van der Waals surface area contributed by atoms with Gasteiger partial charge in [0.15, 0.2) is 0 Å². The van der Waals surface area contributed by atoms with Crippen LogP contribution in [0, 0.1) is 0 Å². The van der Waals surface area contributed by atoms with Crippen LogP contribution in [0.4, 0.5) is 8.78 Å². The summed E-state index contributed by atoms with van der Waals surface area (Å²) in [6.07, 6.45) is 0.832. The minimum Gasteiger partial charge on any atom is -0.435 e. The molecule has 0 aliphatic heterocycles. The van der Waals surface area contributed by atoms with E-state index in [1.807, 2.05) is 13.8 Å². The number of nitrogens with one attached hydrogen (secondary N) is 1. The summed E-state index contributed by atoms with van der Waals surface area (Å²) in [7, 11) is 0. The van der Waals surface area contributed by atoms with Gasteiger partial charge in [0, 0.05) is 11.6 Å². The van der Waals surface area contributed by atoms with E-state index in [0.717, 1.165) is 6.42 Å². The number of rotatable bonds is 5.